The van der Waals surface area contributed by atoms with Crippen molar-refractivity contribution < 1.29 is 18.8 Å². The summed E-state index contributed by atoms with van der Waals surface area (Å²) in [6.07, 6.45) is 0.779. The highest BCUT2D eigenvalue weighted by atomic mass is 19.1. The Kier molecular flexibility index (Phi) is 3.00. The molecule has 0 aromatic heterocycles. The Labute approximate surface area is 104 Å². The van der Waals surface area contributed by atoms with Crippen molar-refractivity contribution in [3.63, 3.8) is 0 Å². The summed E-state index contributed by atoms with van der Waals surface area (Å²) in [4.78, 5) is 38.4. The molecule has 1 saturated carbocycles. The van der Waals surface area contributed by atoms with Crippen molar-refractivity contribution in [2.45, 2.75) is 18.5 Å². The van der Waals surface area contributed by atoms with Gasteiger partial charge in [-0.1, -0.05) is 0 Å². The molecular formula is C11H16FN3O3. The highest BCUT2D eigenvalue weighted by Crippen LogP contribution is 2.40. The fourth-order valence-electron chi connectivity index (χ4n) is 1.75. The lowest BCUT2D eigenvalue weighted by Gasteiger charge is -2.19. The summed E-state index contributed by atoms with van der Waals surface area (Å²) in [5.41, 5.74) is -1.40. The SMILES string of the molecule is CN(C)C(=O)CN1CC(=O)N(CC2(F)CC2)C1=O. The van der Waals surface area contributed by atoms with Gasteiger partial charge in [0, 0.05) is 14.1 Å². The Bertz CT molecular complexity index is 406. The number of halogens is 1. The van der Waals surface area contributed by atoms with E-state index in [-0.39, 0.29) is 25.5 Å². The number of imide groups is 1. The van der Waals surface area contributed by atoms with E-state index in [1.54, 1.807) is 14.1 Å². The molecule has 0 aromatic carbocycles. The Hall–Kier alpha value is -1.66. The second-order valence-electron chi connectivity index (χ2n) is 5.06. The van der Waals surface area contributed by atoms with Gasteiger partial charge in [0.1, 0.15) is 18.8 Å². The first-order valence-electron chi connectivity index (χ1n) is 5.81. The molecule has 0 bridgehead atoms. The van der Waals surface area contributed by atoms with Gasteiger partial charge < -0.3 is 9.80 Å². The molecule has 4 amide bonds. The third-order valence-corrected chi connectivity index (χ3v) is 3.19. The van der Waals surface area contributed by atoms with Crippen LogP contribution in [-0.4, -0.2) is 71.9 Å². The molecule has 2 aliphatic rings. The molecule has 1 heterocycles. The number of carbonyl (C=O) groups is 3. The minimum Gasteiger partial charge on any atom is -0.347 e. The largest absolute Gasteiger partial charge is 0.347 e. The van der Waals surface area contributed by atoms with Crippen LogP contribution in [0.15, 0.2) is 0 Å². The fourth-order valence-corrected chi connectivity index (χ4v) is 1.75. The van der Waals surface area contributed by atoms with E-state index in [4.69, 9.17) is 0 Å². The number of likely N-dealkylation sites (N-methyl/N-ethyl adjacent to an activating group) is 1. The summed E-state index contributed by atoms with van der Waals surface area (Å²) in [7, 11) is 3.15. The number of carbonyl (C=O) groups excluding carboxylic acids is 3. The summed E-state index contributed by atoms with van der Waals surface area (Å²) < 4.78 is 13.6. The second kappa shape index (κ2) is 4.22. The van der Waals surface area contributed by atoms with E-state index in [9.17, 15) is 18.8 Å². The second-order valence-corrected chi connectivity index (χ2v) is 5.06. The maximum Gasteiger partial charge on any atom is 0.327 e. The van der Waals surface area contributed by atoms with Gasteiger partial charge in [0.15, 0.2) is 0 Å². The summed E-state index contributed by atoms with van der Waals surface area (Å²) >= 11 is 0. The van der Waals surface area contributed by atoms with Crippen LogP contribution in [0.25, 0.3) is 0 Å². The molecule has 0 N–H and O–H groups in total. The van der Waals surface area contributed by atoms with Crippen LogP contribution in [0.5, 0.6) is 0 Å². The first kappa shape index (κ1) is 12.8. The van der Waals surface area contributed by atoms with Crippen molar-refractivity contribution in [2.24, 2.45) is 0 Å². The number of hydrogen-bond acceptors (Lipinski definition) is 3. The van der Waals surface area contributed by atoms with E-state index < -0.39 is 17.6 Å². The molecule has 7 heteroatoms. The maximum absolute atomic E-state index is 13.6. The van der Waals surface area contributed by atoms with E-state index in [0.29, 0.717) is 12.8 Å². The first-order valence-corrected chi connectivity index (χ1v) is 5.81. The van der Waals surface area contributed by atoms with Gasteiger partial charge in [0.05, 0.1) is 6.54 Å². The monoisotopic (exact) mass is 257 g/mol. The van der Waals surface area contributed by atoms with Crippen molar-refractivity contribution in [3.8, 4) is 0 Å². The highest BCUT2D eigenvalue weighted by molar-refractivity contribution is 6.03. The number of alkyl halides is 1. The zero-order valence-corrected chi connectivity index (χ0v) is 10.5. The minimum absolute atomic E-state index is 0.144. The Morgan fingerprint density at radius 1 is 1.39 bits per heavy atom. The smallest absolute Gasteiger partial charge is 0.327 e. The van der Waals surface area contributed by atoms with E-state index in [2.05, 4.69) is 0 Å². The minimum atomic E-state index is -1.40. The number of amides is 4. The molecule has 6 nitrogen and oxygen atoms in total. The van der Waals surface area contributed by atoms with Gasteiger partial charge in [0.2, 0.25) is 11.8 Å². The number of urea groups is 1. The van der Waals surface area contributed by atoms with E-state index >= 15 is 0 Å². The quantitative estimate of drug-likeness (QED) is 0.658. The molecule has 2 fully saturated rings. The van der Waals surface area contributed by atoms with Crippen LogP contribution in [0.2, 0.25) is 0 Å². The molecule has 0 aromatic rings. The predicted molar refractivity (Wildman–Crippen MR) is 60.4 cm³/mol. The Morgan fingerprint density at radius 3 is 2.50 bits per heavy atom. The normalized spacial score (nSPS) is 21.5. The summed E-state index contributed by atoms with van der Waals surface area (Å²) in [5.74, 6) is -0.699. The molecule has 0 radical (unpaired) electrons. The number of rotatable bonds is 4. The van der Waals surface area contributed by atoms with E-state index in [0.717, 1.165) is 9.80 Å². The molecule has 0 unspecified atom stereocenters. The number of hydrogen-bond donors (Lipinski definition) is 0. The van der Waals surface area contributed by atoms with Crippen molar-refractivity contribution >= 4 is 17.8 Å². The van der Waals surface area contributed by atoms with Crippen molar-refractivity contribution in [1.29, 1.82) is 0 Å². The molecule has 2 rings (SSSR count). The fraction of sp³-hybridized carbons (Fsp3) is 0.727. The standard InChI is InChI=1S/C11H16FN3O3/c1-13(2)8(16)5-14-6-9(17)15(10(14)18)7-11(12)3-4-11/h3-7H2,1-2H3. The topological polar surface area (TPSA) is 60.9 Å². The Balaban J connectivity index is 1.98. The van der Waals surface area contributed by atoms with E-state index in [1.807, 2.05) is 0 Å². The lowest BCUT2D eigenvalue weighted by Crippen LogP contribution is -2.41. The molecule has 0 spiro atoms. The van der Waals surface area contributed by atoms with Crippen molar-refractivity contribution in [3.05, 3.63) is 0 Å². The molecule has 18 heavy (non-hydrogen) atoms. The lowest BCUT2D eigenvalue weighted by atomic mass is 10.3. The highest BCUT2D eigenvalue weighted by Gasteiger charge is 2.49. The van der Waals surface area contributed by atoms with Gasteiger partial charge in [-0.25, -0.2) is 9.18 Å². The average molecular weight is 257 g/mol. The third kappa shape index (κ3) is 2.44. The van der Waals surface area contributed by atoms with Gasteiger partial charge in [-0.2, -0.15) is 0 Å². The molecule has 100 valence electrons. The van der Waals surface area contributed by atoms with E-state index in [1.165, 1.54) is 4.90 Å². The molecular weight excluding hydrogens is 241 g/mol. The predicted octanol–water partition coefficient (Wildman–Crippen LogP) is -0.159. The van der Waals surface area contributed by atoms with Crippen LogP contribution < -0.4 is 0 Å². The van der Waals surface area contributed by atoms with Crippen LogP contribution in [0.3, 0.4) is 0 Å². The van der Waals surface area contributed by atoms with Gasteiger partial charge in [0.25, 0.3) is 0 Å². The zero-order chi connectivity index (χ0) is 13.5. The van der Waals surface area contributed by atoms with Gasteiger partial charge in [-0.3, -0.25) is 14.5 Å². The third-order valence-electron chi connectivity index (χ3n) is 3.19. The van der Waals surface area contributed by atoms with Crippen LogP contribution in [0, 0.1) is 0 Å². The average Bonchev–Trinajstić information content (AvgIpc) is 2.96. The van der Waals surface area contributed by atoms with Gasteiger partial charge in [-0.15, -0.1) is 0 Å². The molecule has 1 aliphatic carbocycles. The first-order chi connectivity index (χ1) is 8.32. The van der Waals surface area contributed by atoms with Crippen molar-refractivity contribution in [2.75, 3.05) is 33.7 Å². The molecule has 1 aliphatic heterocycles. The lowest BCUT2D eigenvalue weighted by molar-refractivity contribution is -0.129. The summed E-state index contributed by atoms with van der Waals surface area (Å²) in [5, 5.41) is 0. The van der Waals surface area contributed by atoms with Crippen LogP contribution in [-0.2, 0) is 9.59 Å². The van der Waals surface area contributed by atoms with Crippen LogP contribution >= 0.6 is 0 Å². The molecule has 1 saturated heterocycles. The Morgan fingerprint density at radius 2 is 2.00 bits per heavy atom. The maximum atomic E-state index is 13.6. The van der Waals surface area contributed by atoms with Crippen LogP contribution in [0.4, 0.5) is 9.18 Å². The van der Waals surface area contributed by atoms with Crippen LogP contribution in [0.1, 0.15) is 12.8 Å². The summed E-state index contributed by atoms with van der Waals surface area (Å²) in [6.45, 7) is -0.473. The summed E-state index contributed by atoms with van der Waals surface area (Å²) in [6, 6.07) is -0.570. The molecule has 0 atom stereocenters. The van der Waals surface area contributed by atoms with Crippen molar-refractivity contribution in [1.82, 2.24) is 14.7 Å². The van der Waals surface area contributed by atoms with Gasteiger partial charge in [-0.05, 0) is 12.8 Å². The van der Waals surface area contributed by atoms with Gasteiger partial charge >= 0.3 is 6.03 Å². The number of nitrogens with zero attached hydrogens (tertiary/aromatic N) is 3. The zero-order valence-electron chi connectivity index (χ0n) is 10.5.